The summed E-state index contributed by atoms with van der Waals surface area (Å²) in [5.74, 6) is 0.931. The lowest BCUT2D eigenvalue weighted by Crippen LogP contribution is -2.29. The van der Waals surface area contributed by atoms with Crippen molar-refractivity contribution < 1.29 is 9.53 Å². The van der Waals surface area contributed by atoms with E-state index in [-0.39, 0.29) is 5.91 Å². The van der Waals surface area contributed by atoms with Crippen LogP contribution < -0.4 is 10.1 Å². The molecule has 1 N–H and O–H groups in total. The number of benzene rings is 2. The van der Waals surface area contributed by atoms with E-state index in [9.17, 15) is 4.79 Å². The first-order valence-electron chi connectivity index (χ1n) is 11.0. The molecular formula is C24H23Cl3N4O2. The summed E-state index contributed by atoms with van der Waals surface area (Å²) in [5.41, 5.74) is 1.66. The molecule has 0 spiro atoms. The number of amides is 1. The molecule has 3 aromatic rings. The first-order valence-corrected chi connectivity index (χ1v) is 12.2. The molecule has 0 atom stereocenters. The summed E-state index contributed by atoms with van der Waals surface area (Å²) in [4.78, 5) is 15.3. The Morgan fingerprint density at radius 3 is 2.39 bits per heavy atom. The van der Waals surface area contributed by atoms with Gasteiger partial charge in [0.25, 0.3) is 5.91 Å². The Balaban J connectivity index is 1.63. The minimum atomic E-state index is -0.0927. The van der Waals surface area contributed by atoms with Gasteiger partial charge in [0.1, 0.15) is 5.75 Å². The van der Waals surface area contributed by atoms with E-state index in [1.54, 1.807) is 47.1 Å². The van der Waals surface area contributed by atoms with Gasteiger partial charge in [0.2, 0.25) is 5.88 Å². The summed E-state index contributed by atoms with van der Waals surface area (Å²) in [5, 5.41) is 9.77. The average molecular weight is 506 g/mol. The van der Waals surface area contributed by atoms with Gasteiger partial charge >= 0.3 is 0 Å². The molecule has 1 aromatic heterocycles. The van der Waals surface area contributed by atoms with Crippen LogP contribution in [0.5, 0.6) is 11.6 Å². The maximum absolute atomic E-state index is 13.5. The maximum Gasteiger partial charge on any atom is 0.274 e. The third-order valence-corrected chi connectivity index (χ3v) is 6.63. The zero-order valence-corrected chi connectivity index (χ0v) is 20.1. The molecule has 9 heteroatoms. The molecular weight excluding hydrogens is 483 g/mol. The highest BCUT2D eigenvalue weighted by molar-refractivity contribution is 6.35. The quantitative estimate of drug-likeness (QED) is 0.421. The monoisotopic (exact) mass is 504 g/mol. The molecule has 2 aliphatic rings. The minimum Gasteiger partial charge on any atom is -0.439 e. The second-order valence-corrected chi connectivity index (χ2v) is 9.63. The number of ether oxygens (including phenoxy) is 1. The van der Waals surface area contributed by atoms with Gasteiger partial charge in [-0.25, -0.2) is 0 Å². The third kappa shape index (κ3) is 4.99. The van der Waals surface area contributed by atoms with E-state index in [0.29, 0.717) is 56.2 Å². The molecule has 1 amide bonds. The van der Waals surface area contributed by atoms with Crippen LogP contribution in [0.3, 0.4) is 0 Å². The predicted octanol–water partition coefficient (Wildman–Crippen LogP) is 6.11. The molecule has 2 aromatic carbocycles. The summed E-state index contributed by atoms with van der Waals surface area (Å²) in [7, 11) is 0. The average Bonchev–Trinajstić information content (AvgIpc) is 3.33. The van der Waals surface area contributed by atoms with Crippen LogP contribution >= 0.6 is 34.8 Å². The van der Waals surface area contributed by atoms with Crippen molar-refractivity contribution in [2.24, 2.45) is 0 Å². The fourth-order valence-corrected chi connectivity index (χ4v) is 4.52. The van der Waals surface area contributed by atoms with E-state index in [1.165, 1.54) is 0 Å². The van der Waals surface area contributed by atoms with Crippen LogP contribution in [0.1, 0.15) is 41.7 Å². The Labute approximate surface area is 207 Å². The molecule has 0 bridgehead atoms. The number of nitrogens with one attached hydrogen (secondary N) is 1. The second kappa shape index (κ2) is 9.55. The van der Waals surface area contributed by atoms with Crippen molar-refractivity contribution in [1.82, 2.24) is 20.0 Å². The molecule has 172 valence electrons. The maximum atomic E-state index is 13.5. The van der Waals surface area contributed by atoms with Crippen LogP contribution in [0.25, 0.3) is 5.69 Å². The fourth-order valence-electron chi connectivity index (χ4n) is 3.91. The molecule has 2 heterocycles. The standard InChI is InChI=1S/C24H23Cl3N4O2/c25-15-3-8-18(9-4-15)33-24-19(14-28-17-6-7-17)22(23(32)30-11-1-2-12-30)29-31(24)21-10-5-16(26)13-20(21)27/h3-5,8-10,13,17,28H,1-2,6-7,11-12,14H2. The Hall–Kier alpha value is -2.25. The van der Waals surface area contributed by atoms with E-state index in [2.05, 4.69) is 5.32 Å². The number of aromatic nitrogens is 2. The van der Waals surface area contributed by atoms with E-state index >= 15 is 0 Å². The molecule has 2 fully saturated rings. The van der Waals surface area contributed by atoms with Crippen molar-refractivity contribution in [1.29, 1.82) is 0 Å². The van der Waals surface area contributed by atoms with Crippen LogP contribution in [0.4, 0.5) is 0 Å². The fraction of sp³-hybridized carbons (Fsp3) is 0.333. The largest absolute Gasteiger partial charge is 0.439 e. The van der Waals surface area contributed by atoms with Gasteiger partial charge in [0, 0.05) is 35.7 Å². The number of carbonyl (C=O) groups is 1. The number of rotatable bonds is 7. The topological polar surface area (TPSA) is 59.4 Å². The second-order valence-electron chi connectivity index (χ2n) is 8.35. The molecule has 1 saturated heterocycles. The van der Waals surface area contributed by atoms with Crippen LogP contribution in [-0.4, -0.2) is 39.7 Å². The number of nitrogens with zero attached hydrogens (tertiary/aromatic N) is 3. The Morgan fingerprint density at radius 2 is 1.73 bits per heavy atom. The van der Waals surface area contributed by atoms with Gasteiger partial charge in [-0.05, 0) is 68.1 Å². The van der Waals surface area contributed by atoms with Gasteiger partial charge in [0.15, 0.2) is 5.69 Å². The third-order valence-electron chi connectivity index (χ3n) is 5.84. The Bertz CT molecular complexity index is 1170. The van der Waals surface area contributed by atoms with Crippen LogP contribution in [0.2, 0.25) is 15.1 Å². The van der Waals surface area contributed by atoms with Gasteiger partial charge in [-0.1, -0.05) is 34.8 Å². The lowest BCUT2D eigenvalue weighted by Gasteiger charge is -2.15. The first-order chi connectivity index (χ1) is 16.0. The molecule has 0 unspecified atom stereocenters. The molecule has 6 nitrogen and oxygen atoms in total. The molecule has 5 rings (SSSR count). The van der Waals surface area contributed by atoms with Crippen LogP contribution in [-0.2, 0) is 6.54 Å². The van der Waals surface area contributed by atoms with E-state index < -0.39 is 0 Å². The van der Waals surface area contributed by atoms with Gasteiger partial charge in [-0.3, -0.25) is 4.79 Å². The van der Waals surface area contributed by atoms with Crippen molar-refractivity contribution in [2.45, 2.75) is 38.3 Å². The smallest absolute Gasteiger partial charge is 0.274 e. The summed E-state index contributed by atoms with van der Waals surface area (Å²) >= 11 is 18.7. The van der Waals surface area contributed by atoms with Crippen molar-refractivity contribution in [3.05, 3.63) is 68.8 Å². The first kappa shape index (κ1) is 22.5. The molecule has 1 aliphatic heterocycles. The van der Waals surface area contributed by atoms with Crippen molar-refractivity contribution in [3.63, 3.8) is 0 Å². The summed E-state index contributed by atoms with van der Waals surface area (Å²) in [6.07, 6.45) is 4.25. The SMILES string of the molecule is O=C(c1nn(-c2ccc(Cl)cc2Cl)c(Oc2ccc(Cl)cc2)c1CNC1CC1)N1CCCC1. The van der Waals surface area contributed by atoms with Crippen LogP contribution in [0, 0.1) is 0 Å². The highest BCUT2D eigenvalue weighted by atomic mass is 35.5. The lowest BCUT2D eigenvalue weighted by molar-refractivity contribution is 0.0785. The summed E-state index contributed by atoms with van der Waals surface area (Å²) in [6.45, 7) is 1.93. The van der Waals surface area contributed by atoms with Crippen LogP contribution in [0.15, 0.2) is 42.5 Å². The number of hydrogen-bond acceptors (Lipinski definition) is 4. The van der Waals surface area contributed by atoms with Crippen molar-refractivity contribution in [3.8, 4) is 17.3 Å². The van der Waals surface area contributed by atoms with E-state index in [4.69, 9.17) is 44.6 Å². The Morgan fingerprint density at radius 1 is 1.03 bits per heavy atom. The highest BCUT2D eigenvalue weighted by Gasteiger charge is 2.31. The van der Waals surface area contributed by atoms with Gasteiger partial charge in [-0.15, -0.1) is 0 Å². The summed E-state index contributed by atoms with van der Waals surface area (Å²) in [6, 6.07) is 12.7. The molecule has 0 radical (unpaired) electrons. The number of halogens is 3. The number of likely N-dealkylation sites (tertiary alicyclic amines) is 1. The normalized spacial score (nSPS) is 15.8. The highest BCUT2D eigenvalue weighted by Crippen LogP contribution is 2.36. The number of carbonyl (C=O) groups excluding carboxylic acids is 1. The number of hydrogen-bond donors (Lipinski definition) is 1. The summed E-state index contributed by atoms with van der Waals surface area (Å²) < 4.78 is 7.92. The van der Waals surface area contributed by atoms with Gasteiger partial charge in [0.05, 0.1) is 16.3 Å². The van der Waals surface area contributed by atoms with Crippen molar-refractivity contribution >= 4 is 40.7 Å². The van der Waals surface area contributed by atoms with Gasteiger partial charge in [-0.2, -0.15) is 9.78 Å². The minimum absolute atomic E-state index is 0.0927. The zero-order chi connectivity index (χ0) is 22.9. The van der Waals surface area contributed by atoms with Gasteiger partial charge < -0.3 is 15.0 Å². The van der Waals surface area contributed by atoms with Crippen molar-refractivity contribution in [2.75, 3.05) is 13.1 Å². The van der Waals surface area contributed by atoms with E-state index in [1.807, 2.05) is 4.90 Å². The predicted molar refractivity (Wildman–Crippen MR) is 130 cm³/mol. The Kier molecular flexibility index (Phi) is 6.52. The molecule has 33 heavy (non-hydrogen) atoms. The zero-order valence-electron chi connectivity index (χ0n) is 17.9. The lowest BCUT2D eigenvalue weighted by atomic mass is 10.2. The molecule has 1 saturated carbocycles. The molecule has 1 aliphatic carbocycles. The van der Waals surface area contributed by atoms with E-state index in [0.717, 1.165) is 38.8 Å².